The van der Waals surface area contributed by atoms with Gasteiger partial charge < -0.3 is 14.5 Å². The lowest BCUT2D eigenvalue weighted by atomic mass is 9.65. The van der Waals surface area contributed by atoms with Crippen molar-refractivity contribution < 1.29 is 4.74 Å². The summed E-state index contributed by atoms with van der Waals surface area (Å²) in [5.41, 5.74) is 24.2. The number of hydrogen-bond acceptors (Lipinski definition) is 3. The van der Waals surface area contributed by atoms with Gasteiger partial charge in [-0.25, -0.2) is 0 Å². The van der Waals surface area contributed by atoms with Crippen molar-refractivity contribution >= 4 is 34.1 Å². The van der Waals surface area contributed by atoms with Gasteiger partial charge >= 0.3 is 0 Å². The van der Waals surface area contributed by atoms with Crippen molar-refractivity contribution in [2.75, 3.05) is 16.4 Å². The van der Waals surface area contributed by atoms with Crippen LogP contribution in [0.3, 0.4) is 0 Å². The molecule has 0 N–H and O–H groups in total. The molecule has 0 radical (unpaired) electrons. The van der Waals surface area contributed by atoms with Gasteiger partial charge in [-0.3, -0.25) is 0 Å². The van der Waals surface area contributed by atoms with Crippen LogP contribution in [0, 0.1) is 25.7 Å². The van der Waals surface area contributed by atoms with E-state index in [9.17, 15) is 0 Å². The summed E-state index contributed by atoms with van der Waals surface area (Å²) < 4.78 is 6.56. The number of nitrogens with zero attached hydrogens (tertiary/aromatic N) is 2. The van der Waals surface area contributed by atoms with E-state index in [1.54, 1.807) is 0 Å². The second-order valence-electron chi connectivity index (χ2n) is 26.2. The second kappa shape index (κ2) is 26.5. The Morgan fingerprint density at radius 3 is 1.33 bits per heavy atom. The minimum atomic E-state index is -0.586. The fourth-order valence-electron chi connectivity index (χ4n) is 13.8. The molecular formula is C85H92N2O. The third kappa shape index (κ3) is 12.3. The Balaban J connectivity index is 0.925. The van der Waals surface area contributed by atoms with Crippen molar-refractivity contribution in [3.63, 3.8) is 0 Å². The summed E-state index contributed by atoms with van der Waals surface area (Å²) >= 11 is 0. The third-order valence-corrected chi connectivity index (χ3v) is 20.3. The van der Waals surface area contributed by atoms with Crippen molar-refractivity contribution in [2.45, 2.75) is 144 Å². The lowest BCUT2D eigenvalue weighted by molar-refractivity contribution is 0.275. The lowest BCUT2D eigenvalue weighted by Crippen LogP contribution is -2.30. The van der Waals surface area contributed by atoms with Gasteiger partial charge in [-0.05, 0) is 232 Å². The van der Waals surface area contributed by atoms with Crippen LogP contribution in [0.15, 0.2) is 237 Å². The van der Waals surface area contributed by atoms with Gasteiger partial charge in [-0.15, -0.1) is 0 Å². The van der Waals surface area contributed by atoms with E-state index in [-0.39, 0.29) is 10.8 Å². The average Bonchev–Trinajstić information content (AvgIpc) is 1.52. The molecule has 0 aliphatic heterocycles. The number of para-hydroxylation sites is 2. The maximum atomic E-state index is 6.56. The molecule has 448 valence electrons. The Morgan fingerprint density at radius 2 is 0.830 bits per heavy atom. The molecule has 10 aromatic rings. The van der Waals surface area contributed by atoms with Gasteiger partial charge in [0.2, 0.25) is 0 Å². The van der Waals surface area contributed by atoms with Gasteiger partial charge in [0.05, 0.1) is 12.0 Å². The fourth-order valence-corrected chi connectivity index (χ4v) is 13.8. The molecule has 3 nitrogen and oxygen atoms in total. The van der Waals surface area contributed by atoms with E-state index in [1.807, 2.05) is 0 Å². The SMILES string of the molecule is CCC(C)(CC)c1ccc(N(c2ccccc2)c2ccc(-c3ccc(N(c4ccccc4)c4ccc(-c5ccc6c(c5)C(c5ccc(OCCC(C)CCCC(C)C)cc5)(c5cc(C)ccc5C)c5cc(C(C)(CC)CC)ccc5-6)cc4)cc3)cc2)cc1. The van der Waals surface area contributed by atoms with Crippen LogP contribution >= 0.6 is 0 Å². The first-order valence-corrected chi connectivity index (χ1v) is 32.9. The standard InChI is InChI=1S/C85H92N2O/c1-12-83(10,13-2)68-38-49-76(50-39-68)87(72-27-20-17-21-28-72)74-45-33-65(34-46-74)64-31-43-73(44-32-64)86(71-25-18-16-19-26-71)75-47-35-66(36-48-75)67-37-53-78-79-54-42-70(84(11,14-3)15-4)59-82(79)85(81(78)58-67,80-57-62(8)29-30-63(80)9)69-40-51-77(52-41-69)88-56-55-61(7)24-22-23-60(5)6/h16-21,25-54,57-61H,12-15,22-24,55-56H2,1-11H3. The number of benzene rings is 10. The fraction of sp³-hybridized carbons (Fsp3) is 0.294. The van der Waals surface area contributed by atoms with Crippen molar-refractivity contribution in [2.24, 2.45) is 11.8 Å². The Kier molecular flexibility index (Phi) is 18.5. The number of aryl methyl sites for hydroxylation is 2. The molecular weight excluding hydrogens is 1060 g/mol. The number of anilines is 6. The Labute approximate surface area is 528 Å². The monoisotopic (exact) mass is 1160 g/mol. The van der Waals surface area contributed by atoms with Crippen molar-refractivity contribution in [1.29, 1.82) is 0 Å². The molecule has 88 heavy (non-hydrogen) atoms. The molecule has 0 aromatic heterocycles. The molecule has 2 unspecified atom stereocenters. The predicted molar refractivity (Wildman–Crippen MR) is 377 cm³/mol. The Hall–Kier alpha value is -8.40. The summed E-state index contributed by atoms with van der Waals surface area (Å²) in [4.78, 5) is 4.73. The molecule has 0 spiro atoms. The van der Waals surface area contributed by atoms with Gasteiger partial charge in [0.1, 0.15) is 5.75 Å². The minimum Gasteiger partial charge on any atom is -0.494 e. The van der Waals surface area contributed by atoms with Crippen LogP contribution < -0.4 is 14.5 Å². The van der Waals surface area contributed by atoms with Crippen LogP contribution in [0.1, 0.15) is 158 Å². The maximum Gasteiger partial charge on any atom is 0.119 e. The summed E-state index contributed by atoms with van der Waals surface area (Å²) in [7, 11) is 0. The number of rotatable bonds is 24. The van der Waals surface area contributed by atoms with E-state index in [2.05, 4.69) is 323 Å². The van der Waals surface area contributed by atoms with Crippen LogP contribution in [0.2, 0.25) is 0 Å². The molecule has 1 aliphatic rings. The van der Waals surface area contributed by atoms with Gasteiger partial charge in [0, 0.05) is 34.1 Å². The molecule has 2 atom stereocenters. The molecule has 0 amide bonds. The van der Waals surface area contributed by atoms with Gasteiger partial charge in [0.15, 0.2) is 0 Å². The van der Waals surface area contributed by atoms with E-state index in [1.165, 1.54) is 97.2 Å². The maximum absolute atomic E-state index is 6.56. The summed E-state index contributed by atoms with van der Waals surface area (Å²) in [6.07, 6.45) is 9.25. The molecule has 0 fully saturated rings. The zero-order chi connectivity index (χ0) is 61.6. The molecule has 0 saturated heterocycles. The van der Waals surface area contributed by atoms with Crippen LogP contribution in [0.4, 0.5) is 34.1 Å². The van der Waals surface area contributed by atoms with Crippen molar-refractivity contribution in [3.8, 4) is 39.1 Å². The average molecular weight is 1160 g/mol. The van der Waals surface area contributed by atoms with Crippen molar-refractivity contribution in [1.82, 2.24) is 0 Å². The smallest absolute Gasteiger partial charge is 0.119 e. The zero-order valence-corrected chi connectivity index (χ0v) is 54.3. The molecule has 11 rings (SSSR count). The van der Waals surface area contributed by atoms with E-state index in [0.29, 0.717) is 5.92 Å². The van der Waals surface area contributed by atoms with Crippen LogP contribution in [-0.2, 0) is 16.2 Å². The Morgan fingerprint density at radius 1 is 0.398 bits per heavy atom. The molecule has 0 heterocycles. The highest BCUT2D eigenvalue weighted by atomic mass is 16.5. The first-order chi connectivity index (χ1) is 42.7. The summed E-state index contributed by atoms with van der Waals surface area (Å²) in [5.74, 6) is 2.32. The quantitative estimate of drug-likeness (QED) is 0.0600. The predicted octanol–water partition coefficient (Wildman–Crippen LogP) is 24.3. The van der Waals surface area contributed by atoms with E-state index >= 15 is 0 Å². The second-order valence-corrected chi connectivity index (χ2v) is 26.2. The highest BCUT2D eigenvalue weighted by Crippen LogP contribution is 2.59. The molecule has 3 heteroatoms. The highest BCUT2D eigenvalue weighted by Gasteiger charge is 2.48. The minimum absolute atomic E-state index is 0.0433. The van der Waals surface area contributed by atoms with Crippen LogP contribution in [-0.4, -0.2) is 6.61 Å². The van der Waals surface area contributed by atoms with E-state index < -0.39 is 5.41 Å². The van der Waals surface area contributed by atoms with E-state index in [0.717, 1.165) is 84.5 Å². The van der Waals surface area contributed by atoms with Crippen LogP contribution in [0.25, 0.3) is 33.4 Å². The normalized spacial score (nSPS) is 14.1. The number of hydrogen-bond donors (Lipinski definition) is 0. The first-order valence-electron chi connectivity index (χ1n) is 32.9. The van der Waals surface area contributed by atoms with Gasteiger partial charge in [-0.1, -0.05) is 233 Å². The van der Waals surface area contributed by atoms with Gasteiger partial charge in [0.25, 0.3) is 0 Å². The molecule has 1 aliphatic carbocycles. The highest BCUT2D eigenvalue weighted by molar-refractivity contribution is 5.90. The molecule has 0 saturated carbocycles. The first kappa shape index (κ1) is 61.3. The summed E-state index contributed by atoms with van der Waals surface area (Å²) in [6.45, 7) is 26.4. The largest absolute Gasteiger partial charge is 0.494 e. The van der Waals surface area contributed by atoms with E-state index in [4.69, 9.17) is 4.74 Å². The third-order valence-electron chi connectivity index (χ3n) is 20.3. The van der Waals surface area contributed by atoms with Crippen LogP contribution in [0.5, 0.6) is 5.75 Å². The Bertz CT molecular complexity index is 3910. The summed E-state index contributed by atoms with van der Waals surface area (Å²) in [5, 5.41) is 0. The molecule has 10 aromatic carbocycles. The number of ether oxygens (including phenoxy) is 1. The van der Waals surface area contributed by atoms with Crippen molar-refractivity contribution in [3.05, 3.63) is 281 Å². The zero-order valence-electron chi connectivity index (χ0n) is 54.3. The number of fused-ring (bicyclic) bond motifs is 3. The van der Waals surface area contributed by atoms with Gasteiger partial charge in [-0.2, -0.15) is 0 Å². The lowest BCUT2D eigenvalue weighted by Gasteiger charge is -2.37. The molecule has 0 bridgehead atoms. The topological polar surface area (TPSA) is 15.7 Å². The summed E-state index contributed by atoms with van der Waals surface area (Å²) in [6, 6.07) is 88.9.